The van der Waals surface area contributed by atoms with Gasteiger partial charge < -0.3 is 10.6 Å². The standard InChI is InChI=1S/C23H20ClFN4OS/c1-13(15-6-4-3-5-7-15)28-22(30)19-14(2)27-21(23-26-10-11-31-23)29-20(19)17-9-8-16(25)12-18(17)24/h3-13,20H,1-2H3,(H,27,29)(H,28,30). The number of amidine groups is 1. The van der Waals surface area contributed by atoms with Crippen molar-refractivity contribution in [3.8, 4) is 0 Å². The Morgan fingerprint density at radius 3 is 2.71 bits per heavy atom. The maximum atomic E-state index is 13.7. The fourth-order valence-corrected chi connectivity index (χ4v) is 4.33. The number of aromatic nitrogens is 1. The number of hydrogen-bond donors (Lipinski definition) is 2. The zero-order chi connectivity index (χ0) is 22.0. The van der Waals surface area contributed by atoms with E-state index in [9.17, 15) is 9.18 Å². The van der Waals surface area contributed by atoms with Crippen LogP contribution in [0.15, 0.2) is 76.4 Å². The third kappa shape index (κ3) is 4.52. The predicted octanol–water partition coefficient (Wildman–Crippen LogP) is 5.18. The SMILES string of the molecule is CC1=C(C(=O)NC(C)c2ccccc2)C(c2ccc(F)cc2Cl)N=C(c2nccs2)N1. The first-order valence-corrected chi connectivity index (χ1v) is 11.0. The summed E-state index contributed by atoms with van der Waals surface area (Å²) in [6, 6.07) is 12.9. The summed E-state index contributed by atoms with van der Waals surface area (Å²) in [5.41, 5.74) is 2.61. The molecule has 5 nitrogen and oxygen atoms in total. The van der Waals surface area contributed by atoms with Gasteiger partial charge in [0.15, 0.2) is 10.8 Å². The van der Waals surface area contributed by atoms with Gasteiger partial charge in [-0.2, -0.15) is 0 Å². The summed E-state index contributed by atoms with van der Waals surface area (Å²) in [4.78, 5) is 22.4. The second-order valence-corrected chi connectivity index (χ2v) is 8.45. The molecule has 2 heterocycles. The van der Waals surface area contributed by atoms with E-state index in [1.807, 2.05) is 49.6 Å². The van der Waals surface area contributed by atoms with E-state index in [-0.39, 0.29) is 17.0 Å². The lowest BCUT2D eigenvalue weighted by molar-refractivity contribution is -0.118. The molecule has 8 heteroatoms. The Balaban J connectivity index is 1.72. The zero-order valence-electron chi connectivity index (χ0n) is 16.9. The molecule has 31 heavy (non-hydrogen) atoms. The number of nitrogens with one attached hydrogen (secondary N) is 2. The molecule has 0 bridgehead atoms. The highest BCUT2D eigenvalue weighted by molar-refractivity contribution is 7.11. The molecule has 2 N–H and O–H groups in total. The van der Waals surface area contributed by atoms with Gasteiger partial charge in [-0.3, -0.25) is 9.79 Å². The molecule has 1 aliphatic heterocycles. The number of halogens is 2. The molecule has 0 spiro atoms. The second kappa shape index (κ2) is 8.99. The number of thiazole rings is 1. The number of nitrogens with zero attached hydrogens (tertiary/aromatic N) is 2. The minimum Gasteiger partial charge on any atom is -0.346 e. The molecule has 1 aromatic heterocycles. The highest BCUT2D eigenvalue weighted by Gasteiger charge is 2.32. The van der Waals surface area contributed by atoms with Crippen molar-refractivity contribution in [1.29, 1.82) is 0 Å². The van der Waals surface area contributed by atoms with Crippen LogP contribution in [0.2, 0.25) is 5.02 Å². The summed E-state index contributed by atoms with van der Waals surface area (Å²) in [7, 11) is 0. The van der Waals surface area contributed by atoms with Gasteiger partial charge in [0, 0.05) is 27.9 Å². The molecule has 1 aliphatic rings. The van der Waals surface area contributed by atoms with Gasteiger partial charge in [0.2, 0.25) is 0 Å². The van der Waals surface area contributed by atoms with Gasteiger partial charge in [-0.05, 0) is 31.5 Å². The molecule has 2 atom stereocenters. The van der Waals surface area contributed by atoms with Crippen LogP contribution in [0.3, 0.4) is 0 Å². The van der Waals surface area contributed by atoms with Crippen molar-refractivity contribution < 1.29 is 9.18 Å². The van der Waals surface area contributed by atoms with Crippen LogP contribution in [-0.2, 0) is 4.79 Å². The molecule has 0 fully saturated rings. The van der Waals surface area contributed by atoms with Gasteiger partial charge in [0.05, 0.1) is 11.6 Å². The van der Waals surface area contributed by atoms with Crippen molar-refractivity contribution >= 4 is 34.7 Å². The average Bonchev–Trinajstić information content (AvgIpc) is 3.28. The lowest BCUT2D eigenvalue weighted by atomic mass is 9.94. The molecule has 1 amide bonds. The van der Waals surface area contributed by atoms with Gasteiger partial charge in [-0.25, -0.2) is 9.37 Å². The summed E-state index contributed by atoms with van der Waals surface area (Å²) in [6.07, 6.45) is 1.69. The van der Waals surface area contributed by atoms with Gasteiger partial charge in [0.25, 0.3) is 5.91 Å². The van der Waals surface area contributed by atoms with Gasteiger partial charge in [-0.1, -0.05) is 48.0 Å². The molecule has 0 saturated carbocycles. The van der Waals surface area contributed by atoms with Crippen molar-refractivity contribution in [2.75, 3.05) is 0 Å². The highest BCUT2D eigenvalue weighted by Crippen LogP contribution is 2.36. The number of allylic oxidation sites excluding steroid dienone is 1. The number of aliphatic imine (C=N–C) groups is 1. The molecule has 4 rings (SSSR count). The maximum Gasteiger partial charge on any atom is 0.251 e. The molecular weight excluding hydrogens is 435 g/mol. The normalized spacial score (nSPS) is 17.0. The summed E-state index contributed by atoms with van der Waals surface area (Å²) < 4.78 is 13.7. The first-order valence-electron chi connectivity index (χ1n) is 9.70. The first-order chi connectivity index (χ1) is 14.9. The van der Waals surface area contributed by atoms with E-state index in [4.69, 9.17) is 16.6 Å². The first kappa shape index (κ1) is 21.2. The largest absolute Gasteiger partial charge is 0.346 e. The van der Waals surface area contributed by atoms with Crippen molar-refractivity contribution in [3.63, 3.8) is 0 Å². The van der Waals surface area contributed by atoms with Crippen LogP contribution < -0.4 is 10.6 Å². The Morgan fingerprint density at radius 2 is 2.03 bits per heavy atom. The van der Waals surface area contributed by atoms with Crippen molar-refractivity contribution in [2.45, 2.75) is 25.9 Å². The van der Waals surface area contributed by atoms with E-state index in [0.717, 1.165) is 5.56 Å². The number of amides is 1. The molecule has 158 valence electrons. The maximum absolute atomic E-state index is 13.7. The van der Waals surface area contributed by atoms with E-state index in [1.165, 1.54) is 23.5 Å². The number of rotatable bonds is 5. The quantitative estimate of drug-likeness (QED) is 0.558. The smallest absolute Gasteiger partial charge is 0.251 e. The fourth-order valence-electron chi connectivity index (χ4n) is 3.47. The third-order valence-electron chi connectivity index (χ3n) is 5.03. The topological polar surface area (TPSA) is 66.4 Å². The lowest BCUT2D eigenvalue weighted by Gasteiger charge is -2.27. The van der Waals surface area contributed by atoms with Crippen LogP contribution >= 0.6 is 22.9 Å². The Kier molecular flexibility index (Phi) is 6.15. The van der Waals surface area contributed by atoms with Crippen molar-refractivity contribution in [2.24, 2.45) is 4.99 Å². The van der Waals surface area contributed by atoms with Gasteiger partial charge >= 0.3 is 0 Å². The van der Waals surface area contributed by atoms with E-state index >= 15 is 0 Å². The number of carbonyl (C=O) groups is 1. The number of hydrogen-bond acceptors (Lipinski definition) is 5. The minimum absolute atomic E-state index is 0.206. The Bertz CT molecular complexity index is 1160. The van der Waals surface area contributed by atoms with Gasteiger partial charge in [0.1, 0.15) is 11.9 Å². The predicted molar refractivity (Wildman–Crippen MR) is 122 cm³/mol. The summed E-state index contributed by atoms with van der Waals surface area (Å²) in [5, 5.41) is 8.99. The van der Waals surface area contributed by atoms with Crippen LogP contribution in [0.1, 0.15) is 42.1 Å². The van der Waals surface area contributed by atoms with Crippen LogP contribution in [-0.4, -0.2) is 16.7 Å². The molecule has 2 unspecified atom stereocenters. The fraction of sp³-hybridized carbons (Fsp3) is 0.174. The molecule has 0 saturated heterocycles. The number of carbonyl (C=O) groups excluding carboxylic acids is 1. The third-order valence-corrected chi connectivity index (χ3v) is 6.13. The molecule has 3 aromatic rings. The Morgan fingerprint density at radius 1 is 1.26 bits per heavy atom. The number of benzene rings is 2. The summed E-state index contributed by atoms with van der Waals surface area (Å²) in [6.45, 7) is 3.73. The van der Waals surface area contributed by atoms with Gasteiger partial charge in [-0.15, -0.1) is 11.3 Å². The van der Waals surface area contributed by atoms with Crippen LogP contribution in [0.25, 0.3) is 0 Å². The summed E-state index contributed by atoms with van der Waals surface area (Å²) >= 11 is 7.79. The second-order valence-electron chi connectivity index (χ2n) is 7.15. The molecule has 2 aromatic carbocycles. The van der Waals surface area contributed by atoms with Crippen LogP contribution in [0, 0.1) is 5.82 Å². The minimum atomic E-state index is -0.698. The van der Waals surface area contributed by atoms with E-state index < -0.39 is 11.9 Å². The zero-order valence-corrected chi connectivity index (χ0v) is 18.5. The summed E-state index contributed by atoms with van der Waals surface area (Å²) in [5.74, 6) is -0.171. The lowest BCUT2D eigenvalue weighted by Crippen LogP contribution is -2.37. The van der Waals surface area contributed by atoms with Crippen molar-refractivity contribution in [3.05, 3.63) is 98.4 Å². The highest BCUT2D eigenvalue weighted by atomic mass is 35.5. The average molecular weight is 455 g/mol. The Hall–Kier alpha value is -3.03. The van der Waals surface area contributed by atoms with Crippen molar-refractivity contribution in [1.82, 2.24) is 15.6 Å². The molecule has 0 radical (unpaired) electrons. The van der Waals surface area contributed by atoms with Crippen LogP contribution in [0.4, 0.5) is 4.39 Å². The van der Waals surface area contributed by atoms with E-state index in [0.29, 0.717) is 27.7 Å². The monoisotopic (exact) mass is 454 g/mol. The van der Waals surface area contributed by atoms with E-state index in [1.54, 1.807) is 12.3 Å². The molecular formula is C23H20ClFN4OS. The van der Waals surface area contributed by atoms with E-state index in [2.05, 4.69) is 15.6 Å². The molecule has 0 aliphatic carbocycles. The van der Waals surface area contributed by atoms with Crippen LogP contribution in [0.5, 0.6) is 0 Å². The Labute approximate surface area is 188 Å².